The first kappa shape index (κ1) is 30.2. The predicted molar refractivity (Wildman–Crippen MR) is 125 cm³/mol. The quantitative estimate of drug-likeness (QED) is 0.0760. The van der Waals surface area contributed by atoms with E-state index in [4.69, 9.17) is 4.74 Å². The summed E-state index contributed by atoms with van der Waals surface area (Å²) in [5.41, 5.74) is -0.645. The van der Waals surface area contributed by atoms with E-state index in [0.29, 0.717) is 11.7 Å². The first-order valence-electron chi connectivity index (χ1n) is 10.0. The minimum absolute atomic E-state index is 0. The monoisotopic (exact) mass is 606 g/mol. The van der Waals surface area contributed by atoms with Crippen molar-refractivity contribution in [2.45, 2.75) is 30.8 Å². The third kappa shape index (κ3) is 6.26. The van der Waals surface area contributed by atoms with E-state index in [0.717, 1.165) is 10.6 Å². The van der Waals surface area contributed by atoms with Gasteiger partial charge < -0.3 is 28.7 Å². The second kappa shape index (κ2) is 13.3. The zero-order valence-electron chi connectivity index (χ0n) is 18.8. The maximum atomic E-state index is 13.3. The summed E-state index contributed by atoms with van der Waals surface area (Å²) in [6.07, 6.45) is 0.427. The molecular weight excluding hydrogens is 581 g/mol. The molecule has 0 saturated carbocycles. The predicted octanol–water partition coefficient (Wildman–Crippen LogP) is -2.62. The zero-order valence-corrected chi connectivity index (χ0v) is 24.7. The number of hydrogen-bond donors (Lipinski definition) is 1. The molecule has 0 aliphatic heterocycles. The zero-order chi connectivity index (χ0) is 22.5. The van der Waals surface area contributed by atoms with Gasteiger partial charge in [-0.15, -0.1) is 6.07 Å². The average molecular weight is 606 g/mol. The van der Waals surface area contributed by atoms with Crippen molar-refractivity contribution in [3.05, 3.63) is 84.9 Å². The van der Waals surface area contributed by atoms with E-state index < -0.39 is 29.0 Å². The van der Waals surface area contributed by atoms with E-state index in [1.54, 1.807) is 19.1 Å². The van der Waals surface area contributed by atoms with Crippen LogP contribution < -0.4 is 69.4 Å². The van der Waals surface area contributed by atoms with Gasteiger partial charge in [-0.25, -0.2) is 4.79 Å². The summed E-state index contributed by atoms with van der Waals surface area (Å²) >= 11 is 0. The Kier molecular flexibility index (Phi) is 12.2. The molecule has 0 fully saturated rings. The molecular formula is C24H25INaO5PS. The number of halogens is 1. The number of esters is 1. The topological polar surface area (TPSA) is 80.7 Å². The Morgan fingerprint density at radius 1 is 0.970 bits per heavy atom. The van der Waals surface area contributed by atoms with Crippen molar-refractivity contribution >= 4 is 39.3 Å². The minimum atomic E-state index is -4.59. The van der Waals surface area contributed by atoms with Crippen molar-refractivity contribution in [1.82, 2.24) is 0 Å². The van der Waals surface area contributed by atoms with Gasteiger partial charge in [0.2, 0.25) is 0 Å². The van der Waals surface area contributed by atoms with Gasteiger partial charge in [0.1, 0.15) is 0 Å². The number of carbonyl (C=O) groups excluding carboxylic acids is 1. The van der Waals surface area contributed by atoms with Gasteiger partial charge in [-0.3, -0.25) is 4.55 Å². The summed E-state index contributed by atoms with van der Waals surface area (Å²) < 4.78 is 40.3. The van der Waals surface area contributed by atoms with E-state index in [1.807, 2.05) is 67.6 Å². The standard InChI is InChI=1S/C24H25O5PS.HI.Na/c1-3-21(24(25)29-4-2)30(19-13-7-5-8-14-19,20-15-9-6-10-16-20)22-17-11-12-18-23(22)31(26,27)28;;/h5-17,21H,3-4H2,1-2H3,(H,26,27,28);1H;/q;;+1/p-1. The Morgan fingerprint density at radius 3 is 1.91 bits per heavy atom. The van der Waals surface area contributed by atoms with Crippen LogP contribution in [-0.4, -0.2) is 31.2 Å². The van der Waals surface area contributed by atoms with Gasteiger partial charge in [0, 0.05) is 10.2 Å². The van der Waals surface area contributed by atoms with Crippen LogP contribution in [0.1, 0.15) is 20.3 Å². The van der Waals surface area contributed by atoms with Crippen molar-refractivity contribution in [2.24, 2.45) is 0 Å². The van der Waals surface area contributed by atoms with Gasteiger partial charge in [-0.1, -0.05) is 43.3 Å². The molecule has 0 aliphatic rings. The Bertz CT molecular complexity index is 1100. The second-order valence-corrected chi connectivity index (χ2v) is 11.9. The molecule has 1 unspecified atom stereocenters. The number of carbonyl (C=O) groups is 1. The number of benzene rings is 3. The van der Waals surface area contributed by atoms with Gasteiger partial charge in [0.25, 0.3) is 10.1 Å². The van der Waals surface area contributed by atoms with Crippen LogP contribution in [0.3, 0.4) is 0 Å². The van der Waals surface area contributed by atoms with Crippen LogP contribution in [0.2, 0.25) is 0 Å². The fourth-order valence-corrected chi connectivity index (χ4v) is 10.2. The summed E-state index contributed by atoms with van der Waals surface area (Å²) in [5, 5.41) is 2.03. The van der Waals surface area contributed by atoms with Gasteiger partial charge in [0.05, 0.1) is 24.5 Å². The smallest absolute Gasteiger partial charge is 1.00 e. The van der Waals surface area contributed by atoms with E-state index in [2.05, 4.69) is 6.07 Å². The molecule has 1 N–H and O–H groups in total. The molecule has 1 atom stereocenters. The largest absolute Gasteiger partial charge is 1.00 e. The van der Waals surface area contributed by atoms with Gasteiger partial charge >= 0.3 is 35.5 Å². The molecule has 0 saturated heterocycles. The summed E-state index contributed by atoms with van der Waals surface area (Å²) in [7, 11) is -7.52. The Balaban J connectivity index is 0.00000272. The molecule has 0 aromatic heterocycles. The van der Waals surface area contributed by atoms with Crippen molar-refractivity contribution in [3.8, 4) is 0 Å². The maximum absolute atomic E-state index is 13.3. The molecule has 0 spiro atoms. The number of ether oxygens (including phenoxy) is 1. The second-order valence-electron chi connectivity index (χ2n) is 6.93. The van der Waals surface area contributed by atoms with E-state index in [1.165, 1.54) is 6.07 Å². The average Bonchev–Trinajstić information content (AvgIpc) is 2.78. The summed E-state index contributed by atoms with van der Waals surface area (Å²) in [5.74, 6) is -0.392. The summed E-state index contributed by atoms with van der Waals surface area (Å²) in [6, 6.07) is 26.3. The van der Waals surface area contributed by atoms with Crippen molar-refractivity contribution in [2.75, 3.05) is 6.61 Å². The van der Waals surface area contributed by atoms with Gasteiger partial charge in [0.15, 0.2) is 5.66 Å². The first-order valence-corrected chi connectivity index (χ1v) is 13.3. The van der Waals surface area contributed by atoms with Crippen molar-refractivity contribution < 1.29 is 76.0 Å². The van der Waals surface area contributed by atoms with Crippen LogP contribution >= 0.6 is 7.26 Å². The molecule has 33 heavy (non-hydrogen) atoms. The number of rotatable bonds is 8. The molecule has 5 nitrogen and oxygen atoms in total. The third-order valence-electron chi connectivity index (χ3n) is 5.18. The van der Waals surface area contributed by atoms with Crippen LogP contribution in [0.25, 0.3) is 0 Å². The van der Waals surface area contributed by atoms with Crippen LogP contribution in [0.4, 0.5) is 0 Å². The normalized spacial score (nSPS) is 12.1. The molecule has 0 amide bonds. The van der Waals surface area contributed by atoms with Gasteiger partial charge in [-0.05, 0) is 37.6 Å². The summed E-state index contributed by atoms with van der Waals surface area (Å²) in [4.78, 5) is 13.0. The van der Waals surface area contributed by atoms with E-state index in [9.17, 15) is 17.8 Å². The molecule has 3 aromatic carbocycles. The third-order valence-corrected chi connectivity index (χ3v) is 11.0. The van der Waals surface area contributed by atoms with E-state index in [-0.39, 0.29) is 65.0 Å². The molecule has 3 rings (SSSR count). The van der Waals surface area contributed by atoms with Crippen molar-refractivity contribution in [3.63, 3.8) is 0 Å². The van der Waals surface area contributed by atoms with Crippen LogP contribution in [-0.2, 0) is 19.6 Å². The van der Waals surface area contributed by atoms with Crippen LogP contribution in [0.5, 0.6) is 0 Å². The first-order chi connectivity index (χ1) is 14.9. The molecule has 0 heterocycles. The molecule has 3 aromatic rings. The van der Waals surface area contributed by atoms with Gasteiger partial charge in [-0.2, -0.15) is 26.6 Å². The Labute approximate surface area is 235 Å². The van der Waals surface area contributed by atoms with Crippen LogP contribution in [0, 0.1) is 6.07 Å². The molecule has 0 radical (unpaired) electrons. The maximum Gasteiger partial charge on any atom is 1.00 e. The molecule has 0 bridgehead atoms. The fraction of sp³-hybridized carbons (Fsp3) is 0.208. The SMILES string of the molecule is CCOC(=O)C(CC)[P+](c1ccccc1)(c1ccccc1)c1ccc[c-]c1S(=O)(=O)O.[I-].[Na+]. The number of hydrogen-bond acceptors (Lipinski definition) is 4. The molecule has 170 valence electrons. The fourth-order valence-electron chi connectivity index (χ4n) is 4.02. The van der Waals surface area contributed by atoms with Crippen molar-refractivity contribution in [1.29, 1.82) is 0 Å². The summed E-state index contributed by atoms with van der Waals surface area (Å²) in [6.45, 7) is 3.85. The Hall–Kier alpha value is -0.800. The molecule has 9 heteroatoms. The molecule has 0 aliphatic carbocycles. The van der Waals surface area contributed by atoms with E-state index >= 15 is 0 Å². The Morgan fingerprint density at radius 2 is 1.48 bits per heavy atom. The minimum Gasteiger partial charge on any atom is -1.00 e. The van der Waals surface area contributed by atoms with Crippen LogP contribution in [0.15, 0.2) is 83.8 Å².